The first kappa shape index (κ1) is 12.9. The lowest BCUT2D eigenvalue weighted by atomic mass is 9.99. The Morgan fingerprint density at radius 2 is 2.24 bits per heavy atom. The van der Waals surface area contributed by atoms with E-state index in [9.17, 15) is 4.79 Å². The molecule has 3 heteroatoms. The van der Waals surface area contributed by atoms with Gasteiger partial charge in [0.2, 0.25) is 0 Å². The van der Waals surface area contributed by atoms with E-state index in [-0.39, 0.29) is 5.91 Å². The van der Waals surface area contributed by atoms with Gasteiger partial charge in [-0.25, -0.2) is 0 Å². The Labute approximate surface area is 117 Å². The summed E-state index contributed by atoms with van der Waals surface area (Å²) in [4.78, 5) is 14.4. The summed E-state index contributed by atoms with van der Waals surface area (Å²) in [6.45, 7) is 6.09. The molecule has 1 aliphatic rings. The number of nitrogens with zero attached hydrogens (tertiary/aromatic N) is 1. The minimum absolute atomic E-state index is 0.195. The van der Waals surface area contributed by atoms with Crippen molar-refractivity contribution in [3.63, 3.8) is 0 Å². The molecular formula is C14H18INO. The van der Waals surface area contributed by atoms with Crippen LogP contribution in [-0.4, -0.2) is 23.9 Å². The van der Waals surface area contributed by atoms with Gasteiger partial charge in [-0.1, -0.05) is 18.6 Å². The average Bonchev–Trinajstić information content (AvgIpc) is 2.28. The van der Waals surface area contributed by atoms with Gasteiger partial charge in [-0.2, -0.15) is 0 Å². The molecular weight excluding hydrogens is 325 g/mol. The van der Waals surface area contributed by atoms with Crippen LogP contribution >= 0.6 is 22.6 Å². The third-order valence-electron chi connectivity index (χ3n) is 3.30. The number of piperidine rings is 1. The molecule has 1 saturated heterocycles. The van der Waals surface area contributed by atoms with Gasteiger partial charge < -0.3 is 4.90 Å². The molecule has 2 rings (SSSR count). The highest BCUT2D eigenvalue weighted by atomic mass is 127. The van der Waals surface area contributed by atoms with Crippen LogP contribution in [0, 0.1) is 16.4 Å². The van der Waals surface area contributed by atoms with Crippen molar-refractivity contribution in [2.45, 2.75) is 26.7 Å². The van der Waals surface area contributed by atoms with E-state index in [2.05, 4.69) is 42.5 Å². The van der Waals surface area contributed by atoms with Crippen LogP contribution in [0.2, 0.25) is 0 Å². The van der Waals surface area contributed by atoms with Crippen molar-refractivity contribution in [3.05, 3.63) is 32.9 Å². The molecule has 0 aromatic heterocycles. The summed E-state index contributed by atoms with van der Waals surface area (Å²) >= 11 is 2.26. The van der Waals surface area contributed by atoms with Crippen LogP contribution in [0.15, 0.2) is 18.2 Å². The molecule has 0 radical (unpaired) electrons. The molecule has 0 N–H and O–H groups in total. The molecule has 17 heavy (non-hydrogen) atoms. The summed E-state index contributed by atoms with van der Waals surface area (Å²) in [6, 6.07) is 6.04. The minimum Gasteiger partial charge on any atom is -0.338 e. The Hall–Kier alpha value is -0.580. The number of likely N-dealkylation sites (tertiary alicyclic amines) is 1. The standard InChI is InChI=1S/C14H18INO/c1-10-5-6-12(13(15)8-10)14(17)16-7-3-4-11(2)9-16/h5-6,8,11H,3-4,7,9H2,1-2H3/t11-/m1/s1. The quantitative estimate of drug-likeness (QED) is 0.715. The fraction of sp³-hybridized carbons (Fsp3) is 0.500. The van der Waals surface area contributed by atoms with Crippen LogP contribution in [-0.2, 0) is 0 Å². The number of halogens is 1. The van der Waals surface area contributed by atoms with Crippen molar-refractivity contribution in [2.24, 2.45) is 5.92 Å². The van der Waals surface area contributed by atoms with Gasteiger partial charge in [-0.05, 0) is 60.4 Å². The van der Waals surface area contributed by atoms with E-state index < -0.39 is 0 Å². The molecule has 2 nitrogen and oxygen atoms in total. The summed E-state index contributed by atoms with van der Waals surface area (Å²) in [7, 11) is 0. The molecule has 1 aliphatic heterocycles. The number of hydrogen-bond acceptors (Lipinski definition) is 1. The first-order valence-electron chi connectivity index (χ1n) is 6.13. The highest BCUT2D eigenvalue weighted by Gasteiger charge is 2.23. The Morgan fingerprint density at radius 3 is 2.88 bits per heavy atom. The van der Waals surface area contributed by atoms with Crippen molar-refractivity contribution in [1.29, 1.82) is 0 Å². The fourth-order valence-electron chi connectivity index (χ4n) is 2.34. The van der Waals surface area contributed by atoms with E-state index in [0.717, 1.165) is 28.6 Å². The number of carbonyl (C=O) groups excluding carboxylic acids is 1. The molecule has 0 spiro atoms. The lowest BCUT2D eigenvalue weighted by Gasteiger charge is -2.31. The molecule has 0 bridgehead atoms. The second kappa shape index (κ2) is 5.38. The predicted molar refractivity (Wildman–Crippen MR) is 78.2 cm³/mol. The molecule has 0 saturated carbocycles. The van der Waals surface area contributed by atoms with E-state index in [1.807, 2.05) is 17.0 Å². The van der Waals surface area contributed by atoms with Crippen molar-refractivity contribution >= 4 is 28.5 Å². The zero-order valence-corrected chi connectivity index (χ0v) is 12.5. The first-order valence-corrected chi connectivity index (χ1v) is 7.21. The fourth-order valence-corrected chi connectivity index (χ4v) is 3.24. The van der Waals surface area contributed by atoms with Gasteiger partial charge in [-0.15, -0.1) is 0 Å². The largest absolute Gasteiger partial charge is 0.338 e. The molecule has 0 aliphatic carbocycles. The molecule has 1 amide bonds. The Balaban J connectivity index is 2.18. The van der Waals surface area contributed by atoms with Crippen LogP contribution in [0.4, 0.5) is 0 Å². The highest BCUT2D eigenvalue weighted by Crippen LogP contribution is 2.21. The molecule has 0 unspecified atom stereocenters. The average molecular weight is 343 g/mol. The minimum atomic E-state index is 0.195. The van der Waals surface area contributed by atoms with Gasteiger partial charge in [0.25, 0.3) is 5.91 Å². The topological polar surface area (TPSA) is 20.3 Å². The maximum atomic E-state index is 12.4. The van der Waals surface area contributed by atoms with Crippen LogP contribution in [0.3, 0.4) is 0 Å². The molecule has 1 heterocycles. The molecule has 1 atom stereocenters. The van der Waals surface area contributed by atoms with Gasteiger partial charge in [-0.3, -0.25) is 4.79 Å². The van der Waals surface area contributed by atoms with Crippen LogP contribution < -0.4 is 0 Å². The Morgan fingerprint density at radius 1 is 1.47 bits per heavy atom. The summed E-state index contributed by atoms with van der Waals surface area (Å²) in [5.74, 6) is 0.830. The zero-order valence-electron chi connectivity index (χ0n) is 10.4. The second-order valence-electron chi connectivity index (χ2n) is 4.98. The smallest absolute Gasteiger partial charge is 0.254 e. The number of benzene rings is 1. The number of carbonyl (C=O) groups is 1. The Bertz CT molecular complexity index is 430. The summed E-state index contributed by atoms with van der Waals surface area (Å²) in [5.41, 5.74) is 2.06. The van der Waals surface area contributed by atoms with Gasteiger partial charge in [0.1, 0.15) is 0 Å². The van der Waals surface area contributed by atoms with Crippen molar-refractivity contribution in [2.75, 3.05) is 13.1 Å². The van der Waals surface area contributed by atoms with Crippen molar-refractivity contribution < 1.29 is 4.79 Å². The lowest BCUT2D eigenvalue weighted by Crippen LogP contribution is -2.39. The van der Waals surface area contributed by atoms with E-state index in [1.54, 1.807) is 0 Å². The first-order chi connectivity index (χ1) is 8.08. The second-order valence-corrected chi connectivity index (χ2v) is 6.14. The third-order valence-corrected chi connectivity index (χ3v) is 4.19. The normalized spacial score (nSPS) is 20.4. The molecule has 92 valence electrons. The summed E-state index contributed by atoms with van der Waals surface area (Å²) < 4.78 is 1.06. The van der Waals surface area contributed by atoms with E-state index in [4.69, 9.17) is 0 Å². The Kier molecular flexibility index (Phi) is 4.07. The monoisotopic (exact) mass is 343 g/mol. The van der Waals surface area contributed by atoms with Crippen LogP contribution in [0.1, 0.15) is 35.7 Å². The van der Waals surface area contributed by atoms with E-state index in [0.29, 0.717) is 5.92 Å². The van der Waals surface area contributed by atoms with E-state index >= 15 is 0 Å². The van der Waals surface area contributed by atoms with Crippen molar-refractivity contribution in [1.82, 2.24) is 4.90 Å². The van der Waals surface area contributed by atoms with Gasteiger partial charge in [0.05, 0.1) is 5.56 Å². The number of hydrogen-bond donors (Lipinski definition) is 0. The molecule has 1 fully saturated rings. The number of amides is 1. The lowest BCUT2D eigenvalue weighted by molar-refractivity contribution is 0.0682. The van der Waals surface area contributed by atoms with Gasteiger partial charge in [0, 0.05) is 16.7 Å². The summed E-state index contributed by atoms with van der Waals surface area (Å²) in [5, 5.41) is 0. The maximum absolute atomic E-state index is 12.4. The molecule has 1 aromatic carbocycles. The van der Waals surface area contributed by atoms with Gasteiger partial charge >= 0.3 is 0 Å². The zero-order chi connectivity index (χ0) is 12.4. The highest BCUT2D eigenvalue weighted by molar-refractivity contribution is 14.1. The maximum Gasteiger partial charge on any atom is 0.254 e. The van der Waals surface area contributed by atoms with E-state index in [1.165, 1.54) is 12.0 Å². The summed E-state index contributed by atoms with van der Waals surface area (Å²) in [6.07, 6.45) is 2.38. The molecule has 1 aromatic rings. The predicted octanol–water partition coefficient (Wildman–Crippen LogP) is 3.47. The van der Waals surface area contributed by atoms with Crippen molar-refractivity contribution in [3.8, 4) is 0 Å². The number of rotatable bonds is 1. The SMILES string of the molecule is Cc1ccc(C(=O)N2CCC[C@@H](C)C2)c(I)c1. The van der Waals surface area contributed by atoms with Crippen LogP contribution in [0.25, 0.3) is 0 Å². The van der Waals surface area contributed by atoms with Gasteiger partial charge in [0.15, 0.2) is 0 Å². The third kappa shape index (κ3) is 3.00. The van der Waals surface area contributed by atoms with Crippen LogP contribution in [0.5, 0.6) is 0 Å². The number of aryl methyl sites for hydroxylation is 1.